The van der Waals surface area contributed by atoms with Crippen LogP contribution in [0.15, 0.2) is 36.4 Å². The number of ether oxygens (including phenoxy) is 1. The highest BCUT2D eigenvalue weighted by atomic mass is 35.5. The molecule has 2 aromatic carbocycles. The van der Waals surface area contributed by atoms with Crippen molar-refractivity contribution < 1.29 is 19.1 Å². The molecule has 3 amide bonds. The van der Waals surface area contributed by atoms with E-state index in [4.69, 9.17) is 27.9 Å². The van der Waals surface area contributed by atoms with Crippen molar-refractivity contribution in [2.75, 3.05) is 32.7 Å². The van der Waals surface area contributed by atoms with Gasteiger partial charge in [-0.15, -0.1) is 0 Å². The van der Waals surface area contributed by atoms with Crippen molar-refractivity contribution in [3.63, 3.8) is 0 Å². The number of piperazine rings is 1. The fraction of sp³-hybridized carbons (Fsp3) is 0.545. The fourth-order valence-electron chi connectivity index (χ4n) is 6.69. The monoisotopic (exact) mass is 613 g/mol. The molecule has 2 aliphatic heterocycles. The van der Waals surface area contributed by atoms with E-state index >= 15 is 0 Å². The molecular weight excluding hydrogens is 573 g/mol. The molecule has 1 aliphatic carbocycles. The summed E-state index contributed by atoms with van der Waals surface area (Å²) >= 11 is 13.9. The van der Waals surface area contributed by atoms with Crippen LogP contribution >= 0.6 is 23.2 Å². The van der Waals surface area contributed by atoms with Gasteiger partial charge in [0, 0.05) is 60.2 Å². The maximum atomic E-state index is 13.2. The van der Waals surface area contributed by atoms with Crippen LogP contribution in [0.4, 0.5) is 4.79 Å². The minimum atomic E-state index is -0.551. The number of halogens is 2. The lowest BCUT2D eigenvalue weighted by Gasteiger charge is -2.35. The molecular formula is C33H41Cl2N3O4. The predicted molar refractivity (Wildman–Crippen MR) is 166 cm³/mol. The molecule has 2 saturated heterocycles. The molecule has 3 fully saturated rings. The van der Waals surface area contributed by atoms with E-state index in [1.54, 1.807) is 9.80 Å². The quantitative estimate of drug-likeness (QED) is 0.388. The normalized spacial score (nSPS) is 20.8. The summed E-state index contributed by atoms with van der Waals surface area (Å²) in [6.45, 7) is 8.00. The Balaban J connectivity index is 1.29. The number of nitrogens with zero attached hydrogens (tertiary/aromatic N) is 2. The lowest BCUT2D eigenvalue weighted by molar-refractivity contribution is -0.123. The van der Waals surface area contributed by atoms with E-state index in [-0.39, 0.29) is 29.7 Å². The highest BCUT2D eigenvalue weighted by Crippen LogP contribution is 2.48. The average molecular weight is 615 g/mol. The van der Waals surface area contributed by atoms with E-state index < -0.39 is 5.60 Å². The molecule has 5 rings (SSSR count). The summed E-state index contributed by atoms with van der Waals surface area (Å²) in [4.78, 5) is 41.8. The van der Waals surface area contributed by atoms with Crippen molar-refractivity contribution in [3.8, 4) is 11.1 Å². The molecule has 2 atom stereocenters. The molecule has 1 saturated carbocycles. The second-order valence-electron chi connectivity index (χ2n) is 12.8. The zero-order valence-electron chi connectivity index (χ0n) is 24.8. The van der Waals surface area contributed by atoms with Gasteiger partial charge in [0.1, 0.15) is 5.60 Å². The maximum Gasteiger partial charge on any atom is 0.410 e. The Morgan fingerprint density at radius 1 is 0.881 bits per heavy atom. The van der Waals surface area contributed by atoms with Crippen LogP contribution in [0.5, 0.6) is 0 Å². The van der Waals surface area contributed by atoms with Gasteiger partial charge in [-0.25, -0.2) is 4.79 Å². The third-order valence-corrected chi connectivity index (χ3v) is 9.40. The number of benzene rings is 2. The number of hydrogen-bond acceptors (Lipinski definition) is 4. The number of rotatable bonds is 5. The Kier molecular flexibility index (Phi) is 9.38. The minimum Gasteiger partial charge on any atom is -0.444 e. The number of nitrogens with one attached hydrogen (secondary N) is 1. The first kappa shape index (κ1) is 30.7. The average Bonchev–Trinajstić information content (AvgIpc) is 3.39. The summed E-state index contributed by atoms with van der Waals surface area (Å²) in [7, 11) is 0. The summed E-state index contributed by atoms with van der Waals surface area (Å²) in [5, 5.41) is 4.20. The molecule has 226 valence electrons. The van der Waals surface area contributed by atoms with Gasteiger partial charge in [0.15, 0.2) is 0 Å². The molecule has 0 radical (unpaired) electrons. The zero-order chi connectivity index (χ0) is 30.0. The van der Waals surface area contributed by atoms with Gasteiger partial charge in [-0.3, -0.25) is 9.59 Å². The highest BCUT2D eigenvalue weighted by molar-refractivity contribution is 6.36. The Morgan fingerprint density at radius 2 is 1.48 bits per heavy atom. The van der Waals surface area contributed by atoms with Crippen molar-refractivity contribution in [1.82, 2.24) is 15.1 Å². The van der Waals surface area contributed by atoms with E-state index in [0.29, 0.717) is 54.3 Å². The Hall–Kier alpha value is -2.77. The van der Waals surface area contributed by atoms with Crippen LogP contribution in [0.2, 0.25) is 10.0 Å². The first-order valence-corrected chi connectivity index (χ1v) is 15.9. The summed E-state index contributed by atoms with van der Waals surface area (Å²) in [5.74, 6) is 0.336. The third kappa shape index (κ3) is 6.89. The smallest absolute Gasteiger partial charge is 0.410 e. The maximum absolute atomic E-state index is 13.2. The highest BCUT2D eigenvalue weighted by Gasteiger charge is 2.40. The van der Waals surface area contributed by atoms with Gasteiger partial charge in [-0.05, 0) is 86.9 Å². The minimum absolute atomic E-state index is 0.0117. The fourth-order valence-corrected chi connectivity index (χ4v) is 7.43. The molecule has 2 unspecified atom stereocenters. The lowest BCUT2D eigenvalue weighted by atomic mass is 9.70. The molecule has 2 heterocycles. The SMILES string of the molecule is CC(C)(C)OC(=O)N1CCN(C(=O)c2ccc(-c3cc(Cl)c(C(C4CCCCC4)C4CCNC4=O)c(Cl)c3)cc2)CC1. The molecule has 2 aromatic rings. The van der Waals surface area contributed by atoms with Crippen LogP contribution in [0.1, 0.15) is 81.1 Å². The summed E-state index contributed by atoms with van der Waals surface area (Å²) < 4.78 is 5.46. The molecule has 42 heavy (non-hydrogen) atoms. The zero-order valence-corrected chi connectivity index (χ0v) is 26.3. The van der Waals surface area contributed by atoms with Crippen molar-refractivity contribution >= 4 is 41.1 Å². The van der Waals surface area contributed by atoms with Crippen molar-refractivity contribution in [1.29, 1.82) is 0 Å². The van der Waals surface area contributed by atoms with E-state index in [1.165, 1.54) is 19.3 Å². The number of amides is 3. The molecule has 0 aromatic heterocycles. The van der Waals surface area contributed by atoms with E-state index in [2.05, 4.69) is 5.32 Å². The molecule has 9 heteroatoms. The van der Waals surface area contributed by atoms with Crippen LogP contribution in [0.3, 0.4) is 0 Å². The van der Waals surface area contributed by atoms with E-state index in [0.717, 1.165) is 36.0 Å². The molecule has 0 bridgehead atoms. The van der Waals surface area contributed by atoms with Crippen LogP contribution in [0.25, 0.3) is 11.1 Å². The first-order chi connectivity index (χ1) is 20.0. The number of carbonyl (C=O) groups is 3. The molecule has 0 spiro atoms. The van der Waals surface area contributed by atoms with Gasteiger partial charge in [-0.2, -0.15) is 0 Å². The standard InChI is InChI=1S/C33H41Cl2N3O4/c1-33(2,3)42-32(41)38-17-15-37(16-18-38)31(40)23-11-9-21(10-12-23)24-19-26(34)29(27(35)20-24)28(22-7-5-4-6-8-22)25-13-14-36-30(25)39/h9-12,19-20,22,25,28H,4-8,13-18H2,1-3H3,(H,36,39). The Labute approximate surface area is 258 Å². The second-order valence-corrected chi connectivity index (χ2v) is 13.6. The van der Waals surface area contributed by atoms with E-state index in [1.807, 2.05) is 57.2 Å². The van der Waals surface area contributed by atoms with Gasteiger partial charge in [0.2, 0.25) is 5.91 Å². The van der Waals surface area contributed by atoms with E-state index in [9.17, 15) is 14.4 Å². The molecule has 7 nitrogen and oxygen atoms in total. The largest absolute Gasteiger partial charge is 0.444 e. The Morgan fingerprint density at radius 3 is 2.02 bits per heavy atom. The second kappa shape index (κ2) is 12.8. The van der Waals surface area contributed by atoms with Gasteiger partial charge in [0.25, 0.3) is 5.91 Å². The predicted octanol–water partition coefficient (Wildman–Crippen LogP) is 7.15. The van der Waals surface area contributed by atoms with Crippen molar-refractivity contribution in [2.45, 2.75) is 70.8 Å². The molecule has 3 aliphatic rings. The van der Waals surface area contributed by atoms with Crippen LogP contribution in [-0.2, 0) is 9.53 Å². The van der Waals surface area contributed by atoms with Crippen molar-refractivity contribution in [2.24, 2.45) is 11.8 Å². The number of carbonyl (C=O) groups excluding carboxylic acids is 3. The molecule has 1 N–H and O–H groups in total. The van der Waals surface area contributed by atoms with Crippen molar-refractivity contribution in [3.05, 3.63) is 57.6 Å². The topological polar surface area (TPSA) is 79.0 Å². The van der Waals surface area contributed by atoms with Gasteiger partial charge in [0.05, 0.1) is 0 Å². The van der Waals surface area contributed by atoms with Gasteiger partial charge >= 0.3 is 6.09 Å². The summed E-state index contributed by atoms with van der Waals surface area (Å²) in [6, 6.07) is 11.3. The van der Waals surface area contributed by atoms with Gasteiger partial charge in [-0.1, -0.05) is 54.6 Å². The third-order valence-electron chi connectivity index (χ3n) is 8.78. The van der Waals surface area contributed by atoms with Crippen LogP contribution in [-0.4, -0.2) is 66.0 Å². The van der Waals surface area contributed by atoms with Crippen LogP contribution in [0, 0.1) is 11.8 Å². The van der Waals surface area contributed by atoms with Gasteiger partial charge < -0.3 is 19.9 Å². The summed E-state index contributed by atoms with van der Waals surface area (Å²) in [5.41, 5.74) is 2.71. The van der Waals surface area contributed by atoms with Crippen LogP contribution < -0.4 is 5.32 Å². The summed E-state index contributed by atoms with van der Waals surface area (Å²) in [6.07, 6.45) is 6.23. The lowest BCUT2D eigenvalue weighted by Crippen LogP contribution is -2.51. The Bertz CT molecular complexity index is 1290. The number of hydrogen-bond donors (Lipinski definition) is 1. The first-order valence-electron chi connectivity index (χ1n) is 15.2.